The summed E-state index contributed by atoms with van der Waals surface area (Å²) >= 11 is 0. The SMILES string of the molecule is Cc1noc(CCCC(=O)N2CCCCC2C(C)N)n1. The van der Waals surface area contributed by atoms with Gasteiger partial charge in [-0.3, -0.25) is 4.79 Å². The molecule has 0 aromatic carbocycles. The third kappa shape index (κ3) is 3.79. The summed E-state index contributed by atoms with van der Waals surface area (Å²) in [5, 5.41) is 3.74. The first-order chi connectivity index (χ1) is 9.58. The van der Waals surface area contributed by atoms with Crippen LogP contribution in [0.4, 0.5) is 0 Å². The molecule has 2 unspecified atom stereocenters. The summed E-state index contributed by atoms with van der Waals surface area (Å²) in [6.45, 7) is 4.61. The van der Waals surface area contributed by atoms with Gasteiger partial charge in [0, 0.05) is 31.5 Å². The molecule has 0 radical (unpaired) electrons. The third-order valence-electron chi connectivity index (χ3n) is 3.83. The van der Waals surface area contributed by atoms with Gasteiger partial charge < -0.3 is 15.2 Å². The van der Waals surface area contributed by atoms with E-state index in [1.54, 1.807) is 6.92 Å². The lowest BCUT2D eigenvalue weighted by Gasteiger charge is -2.38. The minimum absolute atomic E-state index is 0.0397. The Kier molecular flexibility index (Phi) is 5.11. The summed E-state index contributed by atoms with van der Waals surface area (Å²) < 4.78 is 5.04. The number of nitrogens with two attached hydrogens (primary N) is 1. The Morgan fingerprint density at radius 1 is 1.55 bits per heavy atom. The van der Waals surface area contributed by atoms with Crippen LogP contribution in [0.2, 0.25) is 0 Å². The van der Waals surface area contributed by atoms with Crippen molar-refractivity contribution in [1.82, 2.24) is 15.0 Å². The molecule has 2 rings (SSSR count). The van der Waals surface area contributed by atoms with E-state index in [1.807, 2.05) is 11.8 Å². The van der Waals surface area contributed by atoms with Gasteiger partial charge in [0.25, 0.3) is 0 Å². The van der Waals surface area contributed by atoms with Gasteiger partial charge >= 0.3 is 0 Å². The van der Waals surface area contributed by atoms with Gasteiger partial charge in [-0.25, -0.2) is 0 Å². The monoisotopic (exact) mass is 280 g/mol. The van der Waals surface area contributed by atoms with Crippen LogP contribution in [0.25, 0.3) is 0 Å². The smallest absolute Gasteiger partial charge is 0.226 e. The highest BCUT2D eigenvalue weighted by Gasteiger charge is 2.28. The lowest BCUT2D eigenvalue weighted by Crippen LogP contribution is -2.51. The van der Waals surface area contributed by atoms with Crippen molar-refractivity contribution in [1.29, 1.82) is 0 Å². The van der Waals surface area contributed by atoms with Crippen LogP contribution >= 0.6 is 0 Å². The number of nitrogens with zero attached hydrogens (tertiary/aromatic N) is 3. The van der Waals surface area contributed by atoms with E-state index < -0.39 is 0 Å². The Hall–Kier alpha value is -1.43. The van der Waals surface area contributed by atoms with E-state index in [9.17, 15) is 4.79 Å². The Bertz CT molecular complexity index is 444. The molecular weight excluding hydrogens is 256 g/mol. The van der Waals surface area contributed by atoms with E-state index in [0.29, 0.717) is 24.6 Å². The molecule has 0 spiro atoms. The Labute approximate surface area is 119 Å². The van der Waals surface area contributed by atoms with E-state index in [2.05, 4.69) is 10.1 Å². The van der Waals surface area contributed by atoms with Gasteiger partial charge in [0.15, 0.2) is 5.82 Å². The highest BCUT2D eigenvalue weighted by Crippen LogP contribution is 2.20. The van der Waals surface area contributed by atoms with Crippen molar-refractivity contribution in [3.05, 3.63) is 11.7 Å². The molecule has 6 heteroatoms. The maximum atomic E-state index is 12.3. The Balaban J connectivity index is 1.81. The highest BCUT2D eigenvalue weighted by molar-refractivity contribution is 5.76. The van der Waals surface area contributed by atoms with Gasteiger partial charge in [-0.2, -0.15) is 4.98 Å². The predicted molar refractivity (Wildman–Crippen MR) is 75.0 cm³/mol. The molecule has 6 nitrogen and oxygen atoms in total. The molecule has 20 heavy (non-hydrogen) atoms. The standard InChI is InChI=1S/C14H24N4O2/c1-10(15)12-6-3-4-9-18(12)14(19)8-5-7-13-16-11(2)17-20-13/h10,12H,3-9,15H2,1-2H3. The van der Waals surface area contributed by atoms with Crippen LogP contribution in [-0.2, 0) is 11.2 Å². The van der Waals surface area contributed by atoms with Crippen molar-refractivity contribution in [2.75, 3.05) is 6.54 Å². The van der Waals surface area contributed by atoms with Gasteiger partial charge in [-0.1, -0.05) is 5.16 Å². The second-order valence-electron chi connectivity index (χ2n) is 5.60. The van der Waals surface area contributed by atoms with Crippen LogP contribution in [0.1, 0.15) is 50.7 Å². The minimum Gasteiger partial charge on any atom is -0.339 e. The second-order valence-corrected chi connectivity index (χ2v) is 5.60. The van der Waals surface area contributed by atoms with Crippen molar-refractivity contribution < 1.29 is 9.32 Å². The summed E-state index contributed by atoms with van der Waals surface area (Å²) in [4.78, 5) is 18.4. The third-order valence-corrected chi connectivity index (χ3v) is 3.83. The number of likely N-dealkylation sites (tertiary alicyclic amines) is 1. The van der Waals surface area contributed by atoms with Crippen molar-refractivity contribution in [2.24, 2.45) is 5.73 Å². The number of carbonyl (C=O) groups is 1. The van der Waals surface area contributed by atoms with Crippen LogP contribution in [0.3, 0.4) is 0 Å². The molecule has 0 bridgehead atoms. The maximum absolute atomic E-state index is 12.3. The van der Waals surface area contributed by atoms with Crippen LogP contribution in [0, 0.1) is 6.92 Å². The summed E-state index contributed by atoms with van der Waals surface area (Å²) in [6, 6.07) is 0.236. The number of carbonyl (C=O) groups excluding carboxylic acids is 1. The molecule has 1 aliphatic rings. The topological polar surface area (TPSA) is 85.2 Å². The molecule has 2 N–H and O–H groups in total. The van der Waals surface area contributed by atoms with Gasteiger partial charge in [-0.05, 0) is 39.5 Å². The van der Waals surface area contributed by atoms with Crippen molar-refractivity contribution in [3.63, 3.8) is 0 Å². The van der Waals surface area contributed by atoms with Crippen LogP contribution in [-0.4, -0.2) is 39.6 Å². The number of amides is 1. The molecule has 0 aliphatic carbocycles. The van der Waals surface area contributed by atoms with Crippen LogP contribution in [0.15, 0.2) is 4.52 Å². The molecule has 2 atom stereocenters. The lowest BCUT2D eigenvalue weighted by atomic mass is 9.96. The van der Waals surface area contributed by atoms with E-state index >= 15 is 0 Å². The van der Waals surface area contributed by atoms with Gasteiger partial charge in [-0.15, -0.1) is 0 Å². The molecule has 1 saturated heterocycles. The fourth-order valence-electron chi connectivity index (χ4n) is 2.79. The molecule has 1 amide bonds. The van der Waals surface area contributed by atoms with Gasteiger partial charge in [0.2, 0.25) is 11.8 Å². The fourth-order valence-corrected chi connectivity index (χ4v) is 2.79. The second kappa shape index (κ2) is 6.83. The lowest BCUT2D eigenvalue weighted by molar-refractivity contribution is -0.135. The number of hydrogen-bond acceptors (Lipinski definition) is 5. The summed E-state index contributed by atoms with van der Waals surface area (Å²) in [5.74, 6) is 1.44. The zero-order chi connectivity index (χ0) is 14.5. The van der Waals surface area contributed by atoms with Crippen molar-refractivity contribution in [2.45, 2.75) is 64.5 Å². The van der Waals surface area contributed by atoms with E-state index in [0.717, 1.165) is 32.2 Å². The largest absolute Gasteiger partial charge is 0.339 e. The van der Waals surface area contributed by atoms with E-state index in [1.165, 1.54) is 0 Å². The predicted octanol–water partition coefficient (Wildman–Crippen LogP) is 1.43. The van der Waals surface area contributed by atoms with Gasteiger partial charge in [0.1, 0.15) is 0 Å². The molecule has 2 heterocycles. The Morgan fingerprint density at radius 2 is 2.35 bits per heavy atom. The first-order valence-electron chi connectivity index (χ1n) is 7.42. The summed E-state index contributed by atoms with van der Waals surface area (Å²) in [7, 11) is 0. The molecule has 1 fully saturated rings. The molecule has 1 aliphatic heterocycles. The maximum Gasteiger partial charge on any atom is 0.226 e. The average molecular weight is 280 g/mol. The normalized spacial score (nSPS) is 20.9. The first kappa shape index (κ1) is 15.0. The zero-order valence-corrected chi connectivity index (χ0v) is 12.3. The molecule has 112 valence electrons. The first-order valence-corrected chi connectivity index (χ1v) is 7.42. The average Bonchev–Trinajstić information content (AvgIpc) is 2.84. The fraction of sp³-hybridized carbons (Fsp3) is 0.786. The Morgan fingerprint density at radius 3 is 3.00 bits per heavy atom. The highest BCUT2D eigenvalue weighted by atomic mass is 16.5. The van der Waals surface area contributed by atoms with E-state index in [-0.39, 0.29) is 18.0 Å². The zero-order valence-electron chi connectivity index (χ0n) is 12.3. The summed E-state index contributed by atoms with van der Waals surface area (Å²) in [6.07, 6.45) is 5.18. The van der Waals surface area contributed by atoms with E-state index in [4.69, 9.17) is 10.3 Å². The summed E-state index contributed by atoms with van der Waals surface area (Å²) in [5.41, 5.74) is 5.99. The number of piperidine rings is 1. The number of hydrogen-bond donors (Lipinski definition) is 1. The van der Waals surface area contributed by atoms with Crippen molar-refractivity contribution in [3.8, 4) is 0 Å². The quantitative estimate of drug-likeness (QED) is 0.881. The van der Waals surface area contributed by atoms with Crippen LogP contribution < -0.4 is 5.73 Å². The van der Waals surface area contributed by atoms with Crippen molar-refractivity contribution >= 4 is 5.91 Å². The molecule has 1 aromatic rings. The molecular formula is C14H24N4O2. The number of aromatic nitrogens is 2. The number of aryl methyl sites for hydroxylation is 2. The minimum atomic E-state index is 0.0397. The van der Waals surface area contributed by atoms with Crippen LogP contribution in [0.5, 0.6) is 0 Å². The molecule has 1 aromatic heterocycles. The number of rotatable bonds is 5. The molecule has 0 saturated carbocycles. The van der Waals surface area contributed by atoms with Gasteiger partial charge in [0.05, 0.1) is 0 Å².